The number of carbonyl (C=O) groups excluding carboxylic acids is 1. The van der Waals surface area contributed by atoms with Crippen LogP contribution in [0.15, 0.2) is 5.10 Å². The van der Waals surface area contributed by atoms with Gasteiger partial charge in [0.25, 0.3) is 5.95 Å². The Balaban J connectivity index is 2.48. The van der Waals surface area contributed by atoms with Gasteiger partial charge in [0.2, 0.25) is 5.91 Å². The van der Waals surface area contributed by atoms with Gasteiger partial charge in [-0.15, -0.1) is 0 Å². The fourth-order valence-electron chi connectivity index (χ4n) is 0.923. The number of rotatable bonds is 0. The summed E-state index contributed by atoms with van der Waals surface area (Å²) in [5.41, 5.74) is 0.679. The van der Waals surface area contributed by atoms with Gasteiger partial charge in [0.1, 0.15) is 0 Å². The van der Waals surface area contributed by atoms with Crippen molar-refractivity contribution in [2.75, 3.05) is 5.32 Å². The maximum absolute atomic E-state index is 11.1. The number of nitrogens with zero attached hydrogens (tertiary/aromatic N) is 5. The summed E-state index contributed by atoms with van der Waals surface area (Å²) in [6.07, 6.45) is 0.269. The van der Waals surface area contributed by atoms with Crippen LogP contribution in [0.4, 0.5) is 5.95 Å². The average molecular weight is 166 g/mol. The van der Waals surface area contributed by atoms with Gasteiger partial charge in [-0.25, -0.2) is 0 Å². The van der Waals surface area contributed by atoms with E-state index in [0.29, 0.717) is 5.71 Å². The van der Waals surface area contributed by atoms with E-state index in [1.165, 1.54) is 4.79 Å². The number of hydrogen-bond donors (Lipinski definition) is 1. The Morgan fingerprint density at radius 1 is 1.58 bits per heavy atom. The van der Waals surface area contributed by atoms with E-state index in [1.807, 2.05) is 0 Å². The highest BCUT2D eigenvalue weighted by Gasteiger charge is 2.14. The molecule has 0 saturated heterocycles. The minimum absolute atomic E-state index is 0.148. The second-order valence-electron chi connectivity index (χ2n) is 2.45. The zero-order chi connectivity index (χ0) is 8.55. The minimum atomic E-state index is -0.148. The third-order valence-corrected chi connectivity index (χ3v) is 1.39. The molecule has 1 aromatic rings. The van der Waals surface area contributed by atoms with Gasteiger partial charge in [-0.1, -0.05) is 9.89 Å². The summed E-state index contributed by atoms with van der Waals surface area (Å²) in [6, 6.07) is 0. The van der Waals surface area contributed by atoms with Crippen molar-refractivity contribution in [2.45, 2.75) is 13.3 Å². The number of nitrogens with one attached hydrogen (secondary N) is 1. The first kappa shape index (κ1) is 6.89. The summed E-state index contributed by atoms with van der Waals surface area (Å²) >= 11 is 0. The number of hydrogen-bond acceptors (Lipinski definition) is 5. The van der Waals surface area contributed by atoms with Crippen molar-refractivity contribution in [1.29, 1.82) is 0 Å². The van der Waals surface area contributed by atoms with Crippen LogP contribution in [-0.2, 0) is 4.79 Å². The monoisotopic (exact) mass is 166 g/mol. The first-order chi connectivity index (χ1) is 5.75. The zero-order valence-electron chi connectivity index (χ0n) is 6.35. The molecule has 0 fully saturated rings. The Kier molecular flexibility index (Phi) is 1.36. The fourth-order valence-corrected chi connectivity index (χ4v) is 0.923. The molecule has 7 nitrogen and oxygen atoms in total. The molecule has 0 spiro atoms. The predicted molar refractivity (Wildman–Crippen MR) is 39.6 cm³/mol. The van der Waals surface area contributed by atoms with Gasteiger partial charge in [-0.2, -0.15) is 5.10 Å². The van der Waals surface area contributed by atoms with Crippen LogP contribution in [0.5, 0.6) is 0 Å². The lowest BCUT2D eigenvalue weighted by Crippen LogP contribution is -2.13. The number of fused-ring (bicyclic) bond motifs is 1. The Hall–Kier alpha value is -1.79. The summed E-state index contributed by atoms with van der Waals surface area (Å²) in [4.78, 5) is 12.2. The second kappa shape index (κ2) is 2.36. The molecule has 1 aromatic heterocycles. The van der Waals surface area contributed by atoms with E-state index in [9.17, 15) is 4.79 Å². The molecule has 2 rings (SSSR count). The summed E-state index contributed by atoms with van der Waals surface area (Å²) in [5, 5.41) is 16.9. The third-order valence-electron chi connectivity index (χ3n) is 1.39. The normalized spacial score (nSPS) is 16.1. The van der Waals surface area contributed by atoms with Crippen molar-refractivity contribution < 1.29 is 4.79 Å². The van der Waals surface area contributed by atoms with Crippen molar-refractivity contribution in [1.82, 2.24) is 20.3 Å². The Morgan fingerprint density at radius 2 is 2.42 bits per heavy atom. The molecule has 7 heteroatoms. The molecule has 0 saturated carbocycles. The first-order valence-corrected chi connectivity index (χ1v) is 3.38. The summed E-state index contributed by atoms with van der Waals surface area (Å²) in [5.74, 6) is 0.113. The Morgan fingerprint density at radius 3 is 3.25 bits per heavy atom. The third kappa shape index (κ3) is 1.04. The van der Waals surface area contributed by atoms with Crippen molar-refractivity contribution >= 4 is 17.6 Å². The molecule has 0 bridgehead atoms. The van der Waals surface area contributed by atoms with Crippen LogP contribution in [0.25, 0.3) is 0 Å². The molecule has 1 aliphatic rings. The first-order valence-electron chi connectivity index (χ1n) is 3.38. The van der Waals surface area contributed by atoms with Gasteiger partial charge < -0.3 is 0 Å². The van der Waals surface area contributed by atoms with Crippen LogP contribution >= 0.6 is 0 Å². The largest absolute Gasteiger partial charge is 0.291 e. The lowest BCUT2D eigenvalue weighted by molar-refractivity contribution is -0.115. The van der Waals surface area contributed by atoms with E-state index in [1.54, 1.807) is 6.92 Å². The summed E-state index contributed by atoms with van der Waals surface area (Å²) in [6.45, 7) is 1.75. The molecule has 1 aliphatic heterocycles. The maximum atomic E-state index is 11.1. The zero-order valence-corrected chi connectivity index (χ0v) is 6.35. The summed E-state index contributed by atoms with van der Waals surface area (Å²) in [7, 11) is 0. The van der Waals surface area contributed by atoms with Gasteiger partial charge in [-0.3, -0.25) is 10.1 Å². The SMILES string of the molecule is CC1=Nn2nnnc2NC(=O)C1. The fraction of sp³-hybridized carbons (Fsp3) is 0.400. The van der Waals surface area contributed by atoms with Crippen molar-refractivity contribution in [3.05, 3.63) is 0 Å². The molecule has 0 radical (unpaired) electrons. The molecule has 12 heavy (non-hydrogen) atoms. The number of anilines is 1. The van der Waals surface area contributed by atoms with E-state index in [4.69, 9.17) is 0 Å². The lowest BCUT2D eigenvalue weighted by Gasteiger charge is -1.93. The second-order valence-corrected chi connectivity index (χ2v) is 2.45. The van der Waals surface area contributed by atoms with Crippen LogP contribution < -0.4 is 5.32 Å². The van der Waals surface area contributed by atoms with E-state index in [0.717, 1.165) is 0 Å². The molecule has 0 aromatic carbocycles. The maximum Gasteiger partial charge on any atom is 0.272 e. The lowest BCUT2D eigenvalue weighted by atomic mass is 10.3. The Labute approximate surface area is 67.4 Å². The number of carbonyl (C=O) groups is 1. The van der Waals surface area contributed by atoms with Crippen LogP contribution in [-0.4, -0.2) is 31.9 Å². The number of tetrazole rings is 1. The van der Waals surface area contributed by atoms with E-state index in [2.05, 4.69) is 25.9 Å². The van der Waals surface area contributed by atoms with Crippen molar-refractivity contribution in [2.24, 2.45) is 5.10 Å². The molecule has 1 amide bonds. The van der Waals surface area contributed by atoms with Gasteiger partial charge in [-0.05, 0) is 17.4 Å². The predicted octanol–water partition coefficient (Wildman–Crippen LogP) is -0.761. The highest BCUT2D eigenvalue weighted by Crippen LogP contribution is 2.05. The standard InChI is InChI=1S/C5H6N6O/c1-3-2-4(12)6-5-7-9-10-11(5)8-3/h2H2,1H3,(H,6,7,10,12). The average Bonchev–Trinajstić information content (AvgIpc) is 2.31. The molecule has 0 aliphatic carbocycles. The van der Waals surface area contributed by atoms with Crippen molar-refractivity contribution in [3.8, 4) is 0 Å². The van der Waals surface area contributed by atoms with E-state index in [-0.39, 0.29) is 18.3 Å². The molecule has 0 unspecified atom stereocenters. The molecule has 62 valence electrons. The highest BCUT2D eigenvalue weighted by atomic mass is 16.2. The van der Waals surface area contributed by atoms with Gasteiger partial charge in [0.05, 0.1) is 6.42 Å². The molecule has 0 atom stereocenters. The van der Waals surface area contributed by atoms with Crippen molar-refractivity contribution in [3.63, 3.8) is 0 Å². The van der Waals surface area contributed by atoms with E-state index >= 15 is 0 Å². The van der Waals surface area contributed by atoms with Gasteiger partial charge >= 0.3 is 0 Å². The molecular formula is C5H6N6O. The van der Waals surface area contributed by atoms with Gasteiger partial charge in [0.15, 0.2) is 0 Å². The molecule has 2 heterocycles. The summed E-state index contributed by atoms with van der Waals surface area (Å²) < 4.78 is 0. The van der Waals surface area contributed by atoms with E-state index < -0.39 is 0 Å². The van der Waals surface area contributed by atoms with Crippen LogP contribution in [0, 0.1) is 0 Å². The quantitative estimate of drug-likeness (QED) is 0.549. The number of amides is 1. The molecule has 1 N–H and O–H groups in total. The van der Waals surface area contributed by atoms with Crippen LogP contribution in [0.3, 0.4) is 0 Å². The minimum Gasteiger partial charge on any atom is -0.291 e. The smallest absolute Gasteiger partial charge is 0.272 e. The number of aromatic nitrogens is 4. The van der Waals surface area contributed by atoms with Gasteiger partial charge in [0, 0.05) is 5.71 Å². The highest BCUT2D eigenvalue weighted by molar-refractivity contribution is 6.05. The topological polar surface area (TPSA) is 85.1 Å². The Bertz CT molecular complexity index is 353. The van der Waals surface area contributed by atoms with Crippen LogP contribution in [0.1, 0.15) is 13.3 Å². The van der Waals surface area contributed by atoms with Crippen LogP contribution in [0.2, 0.25) is 0 Å². The molecular weight excluding hydrogens is 160 g/mol.